The zero-order chi connectivity index (χ0) is 16.6. The number of aryl methyl sites for hydroxylation is 2. The number of ether oxygens (including phenoxy) is 1. The Morgan fingerprint density at radius 3 is 2.43 bits per heavy atom. The van der Waals surface area contributed by atoms with Crippen LogP contribution in [0, 0.1) is 0 Å². The third-order valence-electron chi connectivity index (χ3n) is 4.02. The lowest BCUT2D eigenvalue weighted by molar-refractivity contribution is -0.145. The molecule has 0 radical (unpaired) electrons. The van der Waals surface area contributed by atoms with Crippen molar-refractivity contribution in [2.24, 2.45) is 14.1 Å². The molecular weight excluding hydrogens is 300 g/mol. The number of carbonyl (C=O) groups is 2. The molecule has 0 saturated carbocycles. The summed E-state index contributed by atoms with van der Waals surface area (Å²) in [5.41, 5.74) is 1.78. The lowest BCUT2D eigenvalue weighted by Crippen LogP contribution is -2.45. The first-order chi connectivity index (χ1) is 11.0. The van der Waals surface area contributed by atoms with E-state index in [4.69, 9.17) is 4.74 Å². The number of carbonyl (C=O) groups excluding carboxylic acids is 2. The Hall–Kier alpha value is -2.61. The van der Waals surface area contributed by atoms with Gasteiger partial charge in [-0.2, -0.15) is 0 Å². The largest absolute Gasteiger partial charge is 0.378 e. The number of nitrogens with one attached hydrogen (secondary N) is 1. The number of benzene rings is 1. The molecule has 23 heavy (non-hydrogen) atoms. The first-order valence-corrected chi connectivity index (χ1v) is 7.32. The number of fused-ring (bicyclic) bond motifs is 1. The molecule has 1 fully saturated rings. The number of hydrogen-bond donors (Lipinski definition) is 1. The molecule has 0 unspecified atom stereocenters. The number of imidazole rings is 1. The van der Waals surface area contributed by atoms with Gasteiger partial charge in [-0.1, -0.05) is 0 Å². The number of nitrogens with zero attached hydrogens (tertiary/aromatic N) is 3. The minimum atomic E-state index is -0.688. The molecule has 1 saturated heterocycles. The van der Waals surface area contributed by atoms with Crippen molar-refractivity contribution >= 4 is 28.5 Å². The van der Waals surface area contributed by atoms with E-state index in [2.05, 4.69) is 5.32 Å². The van der Waals surface area contributed by atoms with Gasteiger partial charge in [-0.25, -0.2) is 4.79 Å². The fourth-order valence-electron chi connectivity index (χ4n) is 2.68. The van der Waals surface area contributed by atoms with Crippen LogP contribution in [0.5, 0.6) is 0 Å². The molecule has 8 heteroatoms. The molecule has 1 aromatic heterocycles. The predicted molar refractivity (Wildman–Crippen MR) is 84.2 cm³/mol. The quantitative estimate of drug-likeness (QED) is 0.730. The van der Waals surface area contributed by atoms with Gasteiger partial charge < -0.3 is 15.0 Å². The van der Waals surface area contributed by atoms with Gasteiger partial charge >= 0.3 is 17.5 Å². The second-order valence-corrected chi connectivity index (χ2v) is 5.46. The number of anilines is 1. The van der Waals surface area contributed by atoms with Crippen molar-refractivity contribution in [2.75, 3.05) is 31.6 Å². The third kappa shape index (κ3) is 2.72. The van der Waals surface area contributed by atoms with Gasteiger partial charge in [0, 0.05) is 32.9 Å². The third-order valence-corrected chi connectivity index (χ3v) is 4.02. The van der Waals surface area contributed by atoms with Gasteiger partial charge in [-0.05, 0) is 18.2 Å². The van der Waals surface area contributed by atoms with E-state index in [1.165, 1.54) is 14.0 Å². The maximum atomic E-state index is 12.1. The van der Waals surface area contributed by atoms with Gasteiger partial charge in [0.15, 0.2) is 0 Å². The van der Waals surface area contributed by atoms with E-state index >= 15 is 0 Å². The Bertz CT molecular complexity index is 830. The summed E-state index contributed by atoms with van der Waals surface area (Å²) in [5.74, 6) is -1.26. The molecule has 8 nitrogen and oxygen atoms in total. The summed E-state index contributed by atoms with van der Waals surface area (Å²) in [4.78, 5) is 37.5. The maximum absolute atomic E-state index is 12.1. The summed E-state index contributed by atoms with van der Waals surface area (Å²) in [6, 6.07) is 5.10. The Balaban J connectivity index is 1.81. The fraction of sp³-hybridized carbons (Fsp3) is 0.400. The molecule has 122 valence electrons. The highest BCUT2D eigenvalue weighted by atomic mass is 16.5. The predicted octanol–water partition coefficient (Wildman–Crippen LogP) is -0.326. The molecule has 1 N–H and O–H groups in total. The zero-order valence-electron chi connectivity index (χ0n) is 13.0. The lowest BCUT2D eigenvalue weighted by atomic mass is 10.2. The molecule has 1 aromatic carbocycles. The standard InChI is InChI=1S/C15H18N4O4/c1-17-11-4-3-10(9-12(11)18(2)15(17)22)16-13(20)14(21)19-5-7-23-8-6-19/h3-4,9H,5-8H2,1-2H3,(H,16,20). The SMILES string of the molecule is Cn1c(=O)n(C)c2cc(NC(=O)C(=O)N3CCOCC3)ccc21. The van der Waals surface area contributed by atoms with Crippen LogP contribution in [-0.2, 0) is 28.4 Å². The van der Waals surface area contributed by atoms with Crippen LogP contribution in [-0.4, -0.2) is 52.2 Å². The Labute approximate surface area is 132 Å². The van der Waals surface area contributed by atoms with E-state index < -0.39 is 11.8 Å². The fourth-order valence-corrected chi connectivity index (χ4v) is 2.68. The second-order valence-electron chi connectivity index (χ2n) is 5.46. The molecule has 3 rings (SSSR count). The first-order valence-electron chi connectivity index (χ1n) is 7.32. The Kier molecular flexibility index (Phi) is 3.91. The topological polar surface area (TPSA) is 85.6 Å². The van der Waals surface area contributed by atoms with Gasteiger partial charge in [-0.15, -0.1) is 0 Å². The Morgan fingerprint density at radius 2 is 1.74 bits per heavy atom. The van der Waals surface area contributed by atoms with Crippen molar-refractivity contribution in [3.8, 4) is 0 Å². The van der Waals surface area contributed by atoms with Crippen molar-refractivity contribution < 1.29 is 14.3 Å². The maximum Gasteiger partial charge on any atom is 0.328 e. The van der Waals surface area contributed by atoms with E-state index in [1.807, 2.05) is 0 Å². The van der Waals surface area contributed by atoms with Gasteiger partial charge in [0.25, 0.3) is 0 Å². The number of rotatable bonds is 1. The van der Waals surface area contributed by atoms with Gasteiger partial charge in [0.05, 0.1) is 24.2 Å². The molecule has 0 aliphatic carbocycles. The number of morpholine rings is 1. The first kappa shape index (κ1) is 15.3. The minimum Gasteiger partial charge on any atom is -0.378 e. The second kappa shape index (κ2) is 5.88. The van der Waals surface area contributed by atoms with Crippen LogP contribution in [0.3, 0.4) is 0 Å². The van der Waals surface area contributed by atoms with Crippen LogP contribution in [0.2, 0.25) is 0 Å². The molecule has 2 heterocycles. The monoisotopic (exact) mass is 318 g/mol. The van der Waals surface area contributed by atoms with E-state index in [-0.39, 0.29) is 5.69 Å². The van der Waals surface area contributed by atoms with E-state index in [1.54, 1.807) is 32.3 Å². The van der Waals surface area contributed by atoms with Crippen molar-refractivity contribution in [3.63, 3.8) is 0 Å². The van der Waals surface area contributed by atoms with Crippen molar-refractivity contribution in [1.82, 2.24) is 14.0 Å². The van der Waals surface area contributed by atoms with Crippen LogP contribution in [0.1, 0.15) is 0 Å². The highest BCUT2D eigenvalue weighted by molar-refractivity contribution is 6.39. The average molecular weight is 318 g/mol. The molecular formula is C15H18N4O4. The molecule has 0 bridgehead atoms. The van der Waals surface area contributed by atoms with Crippen LogP contribution in [0.25, 0.3) is 11.0 Å². The summed E-state index contributed by atoms with van der Waals surface area (Å²) in [6.07, 6.45) is 0. The molecule has 2 aromatic rings. The van der Waals surface area contributed by atoms with Crippen molar-refractivity contribution in [1.29, 1.82) is 0 Å². The van der Waals surface area contributed by atoms with E-state index in [0.717, 1.165) is 5.52 Å². The number of amides is 2. The van der Waals surface area contributed by atoms with E-state index in [9.17, 15) is 14.4 Å². The minimum absolute atomic E-state index is 0.145. The van der Waals surface area contributed by atoms with Gasteiger partial charge in [-0.3, -0.25) is 18.7 Å². The summed E-state index contributed by atoms with van der Waals surface area (Å²) in [7, 11) is 3.35. The molecule has 0 atom stereocenters. The zero-order valence-corrected chi connectivity index (χ0v) is 13.0. The summed E-state index contributed by atoms with van der Waals surface area (Å²) < 4.78 is 8.18. The van der Waals surface area contributed by atoms with E-state index in [0.29, 0.717) is 37.5 Å². The number of hydrogen-bond acceptors (Lipinski definition) is 4. The average Bonchev–Trinajstić information content (AvgIpc) is 2.79. The number of aromatic nitrogens is 2. The smallest absolute Gasteiger partial charge is 0.328 e. The molecule has 0 spiro atoms. The van der Waals surface area contributed by atoms with Crippen molar-refractivity contribution in [3.05, 3.63) is 28.7 Å². The van der Waals surface area contributed by atoms with Crippen LogP contribution >= 0.6 is 0 Å². The summed E-state index contributed by atoms with van der Waals surface area (Å²) in [5, 5.41) is 2.59. The molecule has 1 aliphatic heterocycles. The highest BCUT2D eigenvalue weighted by Crippen LogP contribution is 2.17. The summed E-state index contributed by atoms with van der Waals surface area (Å²) >= 11 is 0. The van der Waals surface area contributed by atoms with Gasteiger partial charge in [0.1, 0.15) is 0 Å². The highest BCUT2D eigenvalue weighted by Gasteiger charge is 2.23. The Morgan fingerprint density at radius 1 is 1.09 bits per heavy atom. The lowest BCUT2D eigenvalue weighted by Gasteiger charge is -2.26. The van der Waals surface area contributed by atoms with Gasteiger partial charge in [0.2, 0.25) is 0 Å². The van der Waals surface area contributed by atoms with Crippen LogP contribution in [0.15, 0.2) is 23.0 Å². The van der Waals surface area contributed by atoms with Crippen LogP contribution < -0.4 is 11.0 Å². The van der Waals surface area contributed by atoms with Crippen molar-refractivity contribution in [2.45, 2.75) is 0 Å². The summed E-state index contributed by atoms with van der Waals surface area (Å²) in [6.45, 7) is 1.71. The molecule has 2 amide bonds. The normalized spacial score (nSPS) is 15.0. The molecule has 1 aliphatic rings. The van der Waals surface area contributed by atoms with Crippen LogP contribution in [0.4, 0.5) is 5.69 Å².